The maximum Gasteiger partial charge on any atom is 0.282 e. The van der Waals surface area contributed by atoms with E-state index in [9.17, 15) is 9.59 Å². The smallest absolute Gasteiger partial charge is 0.282 e. The standard InChI is InChI=1S/C30H26N2O2/c1-30(2,3)22-16-18-23(19-17-22)31-27-26(21-11-5-4-6-12-21)28(33)32(29(27)34)25-15-9-13-20-10-7-8-14-24(20)25/h4-19,31H,1-3H3. The Hall–Kier alpha value is -4.18. The van der Waals surface area contributed by atoms with Gasteiger partial charge in [-0.15, -0.1) is 0 Å². The number of fused-ring (bicyclic) bond motifs is 1. The summed E-state index contributed by atoms with van der Waals surface area (Å²) in [6.45, 7) is 6.48. The summed E-state index contributed by atoms with van der Waals surface area (Å²) in [5, 5.41) is 5.09. The molecule has 1 aliphatic heterocycles. The molecule has 4 nitrogen and oxygen atoms in total. The molecule has 0 spiro atoms. The van der Waals surface area contributed by atoms with Crippen LogP contribution in [0.3, 0.4) is 0 Å². The van der Waals surface area contributed by atoms with E-state index in [1.807, 2.05) is 84.9 Å². The molecule has 0 radical (unpaired) electrons. The highest BCUT2D eigenvalue weighted by molar-refractivity contribution is 6.47. The summed E-state index contributed by atoms with van der Waals surface area (Å²) < 4.78 is 0. The summed E-state index contributed by atoms with van der Waals surface area (Å²) in [4.78, 5) is 28.8. The van der Waals surface area contributed by atoms with Crippen molar-refractivity contribution in [2.75, 3.05) is 10.2 Å². The van der Waals surface area contributed by atoms with Crippen LogP contribution < -0.4 is 10.2 Å². The Morgan fingerprint density at radius 1 is 0.676 bits per heavy atom. The van der Waals surface area contributed by atoms with E-state index in [0.717, 1.165) is 16.5 Å². The lowest BCUT2D eigenvalue weighted by molar-refractivity contribution is -0.120. The molecule has 0 aliphatic carbocycles. The van der Waals surface area contributed by atoms with Gasteiger partial charge in [-0.25, -0.2) is 4.90 Å². The molecule has 2 amide bonds. The number of amides is 2. The Balaban J connectivity index is 1.60. The van der Waals surface area contributed by atoms with Gasteiger partial charge < -0.3 is 5.32 Å². The van der Waals surface area contributed by atoms with Crippen molar-refractivity contribution in [2.24, 2.45) is 0 Å². The minimum atomic E-state index is -0.361. The molecule has 0 saturated carbocycles. The van der Waals surface area contributed by atoms with Gasteiger partial charge in [-0.2, -0.15) is 0 Å². The fraction of sp³-hybridized carbons (Fsp3) is 0.133. The van der Waals surface area contributed by atoms with Crippen molar-refractivity contribution in [3.05, 3.63) is 114 Å². The molecule has 4 aromatic rings. The zero-order valence-electron chi connectivity index (χ0n) is 19.5. The predicted octanol–water partition coefficient (Wildman–Crippen LogP) is 6.53. The maximum absolute atomic E-state index is 13.8. The second kappa shape index (κ2) is 8.31. The Kier molecular flexibility index (Phi) is 5.29. The average molecular weight is 447 g/mol. The van der Waals surface area contributed by atoms with Crippen LogP contribution in [0.1, 0.15) is 31.9 Å². The summed E-state index contributed by atoms with van der Waals surface area (Å²) in [6.07, 6.45) is 0. The number of hydrogen-bond acceptors (Lipinski definition) is 3. The average Bonchev–Trinajstić information content (AvgIpc) is 3.08. The number of carbonyl (C=O) groups excluding carboxylic acids is 2. The first-order valence-corrected chi connectivity index (χ1v) is 11.4. The van der Waals surface area contributed by atoms with Gasteiger partial charge in [0.15, 0.2) is 0 Å². The van der Waals surface area contributed by atoms with Crippen LogP contribution in [0.25, 0.3) is 16.3 Å². The third-order valence-electron chi connectivity index (χ3n) is 6.17. The normalized spacial score (nSPS) is 14.3. The molecule has 0 bridgehead atoms. The van der Waals surface area contributed by atoms with Gasteiger partial charge in [-0.1, -0.05) is 99.6 Å². The van der Waals surface area contributed by atoms with Crippen LogP contribution in [0.2, 0.25) is 0 Å². The lowest BCUT2D eigenvalue weighted by atomic mass is 9.87. The van der Waals surface area contributed by atoms with Crippen molar-refractivity contribution in [3.63, 3.8) is 0 Å². The van der Waals surface area contributed by atoms with E-state index >= 15 is 0 Å². The molecule has 4 aromatic carbocycles. The van der Waals surface area contributed by atoms with Gasteiger partial charge in [-0.05, 0) is 40.1 Å². The van der Waals surface area contributed by atoms with E-state index in [1.54, 1.807) is 0 Å². The molecule has 5 rings (SSSR count). The summed E-state index contributed by atoms with van der Waals surface area (Å²) in [6, 6.07) is 30.8. The first-order chi connectivity index (χ1) is 16.3. The number of anilines is 2. The molecule has 0 fully saturated rings. The number of nitrogens with zero attached hydrogens (tertiary/aromatic N) is 1. The fourth-order valence-corrected chi connectivity index (χ4v) is 4.34. The number of carbonyl (C=O) groups is 2. The highest BCUT2D eigenvalue weighted by Gasteiger charge is 2.40. The zero-order chi connectivity index (χ0) is 23.9. The Morgan fingerprint density at radius 3 is 2.03 bits per heavy atom. The monoisotopic (exact) mass is 446 g/mol. The third-order valence-corrected chi connectivity index (χ3v) is 6.17. The molecule has 34 heavy (non-hydrogen) atoms. The number of imide groups is 1. The van der Waals surface area contributed by atoms with Crippen molar-refractivity contribution in [2.45, 2.75) is 26.2 Å². The SMILES string of the molecule is CC(C)(C)c1ccc(NC2=C(c3ccccc3)C(=O)N(c3cccc4ccccc34)C2=O)cc1. The summed E-state index contributed by atoms with van der Waals surface area (Å²) in [7, 11) is 0. The second-order valence-electron chi connectivity index (χ2n) is 9.51. The van der Waals surface area contributed by atoms with E-state index in [-0.39, 0.29) is 22.9 Å². The highest BCUT2D eigenvalue weighted by Crippen LogP contribution is 2.37. The van der Waals surface area contributed by atoms with Crippen LogP contribution in [0.15, 0.2) is 103 Å². The van der Waals surface area contributed by atoms with Crippen molar-refractivity contribution < 1.29 is 9.59 Å². The molecule has 4 heteroatoms. The van der Waals surface area contributed by atoms with Crippen molar-refractivity contribution in [3.8, 4) is 0 Å². The first kappa shape index (κ1) is 21.7. The largest absolute Gasteiger partial charge is 0.350 e. The van der Waals surface area contributed by atoms with Crippen LogP contribution in [-0.4, -0.2) is 11.8 Å². The van der Waals surface area contributed by atoms with Gasteiger partial charge in [0.2, 0.25) is 0 Å². The van der Waals surface area contributed by atoms with E-state index < -0.39 is 0 Å². The van der Waals surface area contributed by atoms with Gasteiger partial charge in [0.05, 0.1) is 11.3 Å². The Morgan fingerprint density at radius 2 is 1.32 bits per heavy atom. The first-order valence-electron chi connectivity index (χ1n) is 11.4. The van der Waals surface area contributed by atoms with Crippen molar-refractivity contribution >= 4 is 39.5 Å². The predicted molar refractivity (Wildman–Crippen MR) is 139 cm³/mol. The number of nitrogens with one attached hydrogen (secondary N) is 1. The summed E-state index contributed by atoms with van der Waals surface area (Å²) in [5.41, 5.74) is 3.93. The minimum absolute atomic E-state index is 0.0251. The molecule has 168 valence electrons. The van der Waals surface area contributed by atoms with Crippen LogP contribution >= 0.6 is 0 Å². The van der Waals surface area contributed by atoms with Crippen molar-refractivity contribution in [1.82, 2.24) is 0 Å². The quantitative estimate of drug-likeness (QED) is 0.362. The second-order valence-corrected chi connectivity index (χ2v) is 9.51. The number of rotatable bonds is 4. The zero-order valence-corrected chi connectivity index (χ0v) is 19.5. The Labute approximate surface area is 199 Å². The molecular formula is C30H26N2O2. The summed E-state index contributed by atoms with van der Waals surface area (Å²) >= 11 is 0. The van der Waals surface area contributed by atoms with E-state index in [1.165, 1.54) is 10.5 Å². The molecule has 0 aromatic heterocycles. The lowest BCUT2D eigenvalue weighted by Crippen LogP contribution is -2.32. The molecule has 1 heterocycles. The van der Waals surface area contributed by atoms with Gasteiger partial charge in [0.25, 0.3) is 11.8 Å². The molecule has 0 unspecified atom stereocenters. The van der Waals surface area contributed by atoms with Gasteiger partial charge in [0.1, 0.15) is 5.70 Å². The minimum Gasteiger partial charge on any atom is -0.350 e. The van der Waals surface area contributed by atoms with Gasteiger partial charge >= 0.3 is 0 Å². The maximum atomic E-state index is 13.8. The number of benzene rings is 4. The van der Waals surface area contributed by atoms with E-state index in [0.29, 0.717) is 16.8 Å². The molecule has 1 N–H and O–H groups in total. The summed E-state index contributed by atoms with van der Waals surface area (Å²) in [5.74, 6) is -0.693. The van der Waals surface area contributed by atoms with Crippen LogP contribution in [0.4, 0.5) is 11.4 Å². The van der Waals surface area contributed by atoms with Crippen LogP contribution in [-0.2, 0) is 15.0 Å². The molecule has 1 aliphatic rings. The van der Waals surface area contributed by atoms with Gasteiger partial charge in [0, 0.05) is 11.1 Å². The van der Waals surface area contributed by atoms with Crippen molar-refractivity contribution in [1.29, 1.82) is 0 Å². The fourth-order valence-electron chi connectivity index (χ4n) is 4.34. The van der Waals surface area contributed by atoms with Crippen LogP contribution in [0.5, 0.6) is 0 Å². The third kappa shape index (κ3) is 3.77. The number of hydrogen-bond donors (Lipinski definition) is 1. The Bertz CT molecular complexity index is 1420. The molecule has 0 atom stereocenters. The molecule has 0 saturated heterocycles. The topological polar surface area (TPSA) is 49.4 Å². The van der Waals surface area contributed by atoms with E-state index in [4.69, 9.17) is 0 Å². The van der Waals surface area contributed by atoms with Crippen LogP contribution in [0, 0.1) is 0 Å². The lowest BCUT2D eigenvalue weighted by Gasteiger charge is -2.20. The molecular weight excluding hydrogens is 420 g/mol. The van der Waals surface area contributed by atoms with Gasteiger partial charge in [-0.3, -0.25) is 9.59 Å². The van der Waals surface area contributed by atoms with E-state index in [2.05, 4.69) is 38.2 Å². The highest BCUT2D eigenvalue weighted by atomic mass is 16.2.